The number of carbonyl (C=O) groups is 1. The number of hydrogen-bond donors (Lipinski definition) is 1. The molecule has 0 saturated carbocycles. The highest BCUT2D eigenvalue weighted by Gasteiger charge is 2.37. The summed E-state index contributed by atoms with van der Waals surface area (Å²) in [5.74, 6) is 0.596. The van der Waals surface area contributed by atoms with Crippen LogP contribution in [0.15, 0.2) is 41.5 Å². The minimum Gasteiger partial charge on any atom is -1.00 e. The number of hydrogen-bond acceptors (Lipinski definition) is 4. The number of fused-ring (bicyclic) bond motifs is 3. The third-order valence-electron chi connectivity index (χ3n) is 6.28. The molecule has 0 atom stereocenters. The van der Waals surface area contributed by atoms with Crippen LogP contribution in [0, 0.1) is 0 Å². The summed E-state index contributed by atoms with van der Waals surface area (Å²) in [5.41, 5.74) is 4.28. The van der Waals surface area contributed by atoms with Crippen LogP contribution in [0.2, 0.25) is 0 Å². The van der Waals surface area contributed by atoms with Crippen molar-refractivity contribution in [2.75, 3.05) is 18.5 Å². The van der Waals surface area contributed by atoms with E-state index in [4.69, 9.17) is 14.5 Å². The van der Waals surface area contributed by atoms with Crippen molar-refractivity contribution in [3.8, 4) is 11.3 Å². The van der Waals surface area contributed by atoms with E-state index >= 15 is 0 Å². The molecule has 1 amide bonds. The van der Waals surface area contributed by atoms with Crippen molar-refractivity contribution in [3.63, 3.8) is 0 Å². The molecule has 2 aromatic rings. The average molecular weight is 535 g/mol. The topological polar surface area (TPSA) is 63.8 Å². The number of cyclic esters (lactones) is 1. The Bertz CT molecular complexity index is 1030. The SMILES string of the molecule is CCC1(CC)COC(=O)Nc2cc(C3=NC(C)(C)CO3)c[n+](C)c2-c2ccccc21.[I-]. The molecule has 0 aliphatic carbocycles. The second kappa shape index (κ2) is 8.76. The molecule has 4 rings (SSSR count). The van der Waals surface area contributed by atoms with Crippen molar-refractivity contribution >= 4 is 17.7 Å². The van der Waals surface area contributed by atoms with Crippen molar-refractivity contribution in [2.24, 2.45) is 12.0 Å². The number of nitrogens with zero attached hydrogens (tertiary/aromatic N) is 2. The fourth-order valence-corrected chi connectivity index (χ4v) is 4.42. The Morgan fingerprint density at radius 3 is 2.48 bits per heavy atom. The lowest BCUT2D eigenvalue weighted by atomic mass is 9.74. The summed E-state index contributed by atoms with van der Waals surface area (Å²) >= 11 is 0. The summed E-state index contributed by atoms with van der Waals surface area (Å²) in [5, 5.41) is 2.96. The molecule has 0 spiro atoms. The van der Waals surface area contributed by atoms with Gasteiger partial charge < -0.3 is 33.5 Å². The number of ether oxygens (including phenoxy) is 2. The smallest absolute Gasteiger partial charge is 0.411 e. The van der Waals surface area contributed by atoms with E-state index < -0.39 is 6.09 Å². The van der Waals surface area contributed by atoms with Crippen molar-refractivity contribution in [1.82, 2.24) is 0 Å². The van der Waals surface area contributed by atoms with Crippen molar-refractivity contribution in [1.29, 1.82) is 0 Å². The van der Waals surface area contributed by atoms with Crippen LogP contribution in [0.1, 0.15) is 51.7 Å². The average Bonchev–Trinajstić information content (AvgIpc) is 3.10. The van der Waals surface area contributed by atoms with Crippen molar-refractivity contribution in [2.45, 2.75) is 51.5 Å². The van der Waals surface area contributed by atoms with E-state index in [1.54, 1.807) is 0 Å². The minimum absolute atomic E-state index is 0. The van der Waals surface area contributed by atoms with E-state index in [0.29, 0.717) is 24.8 Å². The van der Waals surface area contributed by atoms with Gasteiger partial charge in [0.2, 0.25) is 11.6 Å². The number of nitrogens with one attached hydrogen (secondary N) is 1. The summed E-state index contributed by atoms with van der Waals surface area (Å²) in [6, 6.07) is 10.3. The molecule has 3 heterocycles. The predicted octanol–water partition coefficient (Wildman–Crippen LogP) is 1.36. The maximum absolute atomic E-state index is 12.7. The lowest BCUT2D eigenvalue weighted by molar-refractivity contribution is -0.660. The van der Waals surface area contributed by atoms with Crippen LogP contribution in [-0.4, -0.2) is 30.7 Å². The number of aliphatic imine (C=N–C) groups is 1. The lowest BCUT2D eigenvalue weighted by Crippen LogP contribution is -3.00. The number of benzene rings is 1. The van der Waals surface area contributed by atoms with Crippen molar-refractivity contribution in [3.05, 3.63) is 47.7 Å². The molecule has 0 saturated heterocycles. The van der Waals surface area contributed by atoms with E-state index in [2.05, 4.69) is 37.4 Å². The monoisotopic (exact) mass is 535 g/mol. The number of carbonyl (C=O) groups excluding carboxylic acids is 1. The van der Waals surface area contributed by atoms with Gasteiger partial charge in [-0.15, -0.1) is 0 Å². The molecule has 0 fully saturated rings. The maximum atomic E-state index is 12.7. The van der Waals surface area contributed by atoms with Gasteiger partial charge in [-0.2, -0.15) is 4.57 Å². The number of anilines is 1. The highest BCUT2D eigenvalue weighted by molar-refractivity contribution is 5.98. The maximum Gasteiger partial charge on any atom is 0.411 e. The van der Waals surface area contributed by atoms with Crippen LogP contribution in [0.3, 0.4) is 0 Å². The largest absolute Gasteiger partial charge is 1.00 e. The van der Waals surface area contributed by atoms with Gasteiger partial charge >= 0.3 is 6.09 Å². The van der Waals surface area contributed by atoms with Gasteiger partial charge in [-0.05, 0) is 44.4 Å². The third kappa shape index (κ3) is 4.29. The molecule has 0 unspecified atom stereocenters. The summed E-state index contributed by atoms with van der Waals surface area (Å²) in [4.78, 5) is 17.4. The molecule has 1 aromatic carbocycles. The molecular formula is C24H30IN3O3. The number of rotatable bonds is 3. The van der Waals surface area contributed by atoms with E-state index in [0.717, 1.165) is 29.7 Å². The third-order valence-corrected chi connectivity index (χ3v) is 6.28. The Hall–Kier alpha value is -2.16. The standard InChI is InChI=1S/C24H29N3O3.HI/c1-6-24(7-2)15-30-22(28)25-19-12-16(21-26-23(3,4)14-29-21)13-27(5)20(19)17-10-8-9-11-18(17)24;/h8-13H,6-7,14-15H2,1-5H3;1H. The lowest BCUT2D eigenvalue weighted by Gasteiger charge is -2.32. The first-order chi connectivity index (χ1) is 14.3. The van der Waals surface area contributed by atoms with E-state index in [9.17, 15) is 4.79 Å². The van der Waals surface area contributed by atoms with Gasteiger partial charge in [0.1, 0.15) is 31.5 Å². The Morgan fingerprint density at radius 2 is 1.84 bits per heavy atom. The number of amides is 1. The first kappa shape index (κ1) is 23.5. The van der Waals surface area contributed by atoms with Gasteiger partial charge in [-0.25, -0.2) is 9.79 Å². The quantitative estimate of drug-likeness (QED) is 0.477. The van der Waals surface area contributed by atoms with Crippen LogP contribution in [0.5, 0.6) is 0 Å². The van der Waals surface area contributed by atoms with Crippen LogP contribution in [0.25, 0.3) is 11.3 Å². The van der Waals surface area contributed by atoms with Gasteiger partial charge in [0.15, 0.2) is 6.20 Å². The zero-order chi connectivity index (χ0) is 21.5. The highest BCUT2D eigenvalue weighted by atomic mass is 127. The molecule has 6 nitrogen and oxygen atoms in total. The number of halogens is 1. The second-order valence-corrected chi connectivity index (χ2v) is 8.85. The van der Waals surface area contributed by atoms with E-state index in [-0.39, 0.29) is 34.9 Å². The predicted molar refractivity (Wildman–Crippen MR) is 117 cm³/mol. The van der Waals surface area contributed by atoms with E-state index in [1.807, 2.05) is 43.8 Å². The first-order valence-corrected chi connectivity index (χ1v) is 10.6. The van der Waals surface area contributed by atoms with Gasteiger partial charge in [0.25, 0.3) is 0 Å². The molecule has 166 valence electrons. The molecule has 7 heteroatoms. The van der Waals surface area contributed by atoms with Crippen LogP contribution in [0.4, 0.5) is 10.5 Å². The number of aromatic nitrogens is 1. The summed E-state index contributed by atoms with van der Waals surface area (Å²) in [6.45, 7) is 9.27. The summed E-state index contributed by atoms with van der Waals surface area (Å²) in [7, 11) is 1.99. The molecule has 31 heavy (non-hydrogen) atoms. The number of pyridine rings is 1. The zero-order valence-corrected chi connectivity index (χ0v) is 20.9. The van der Waals surface area contributed by atoms with Gasteiger partial charge in [0, 0.05) is 5.41 Å². The molecule has 0 bridgehead atoms. The Morgan fingerprint density at radius 1 is 1.13 bits per heavy atom. The Labute approximate surface area is 201 Å². The normalized spacial score (nSPS) is 18.5. The Balaban J connectivity index is 0.00000272. The summed E-state index contributed by atoms with van der Waals surface area (Å²) in [6.07, 6.45) is 3.33. The van der Waals surface area contributed by atoms with Gasteiger partial charge in [-0.3, -0.25) is 5.32 Å². The molecular weight excluding hydrogens is 505 g/mol. The molecule has 1 aromatic heterocycles. The van der Waals surface area contributed by atoms with Crippen LogP contribution >= 0.6 is 0 Å². The van der Waals surface area contributed by atoms with Crippen LogP contribution < -0.4 is 33.9 Å². The fraction of sp³-hybridized carbons (Fsp3) is 0.458. The van der Waals surface area contributed by atoms with Gasteiger partial charge in [0.05, 0.1) is 11.1 Å². The first-order valence-electron chi connectivity index (χ1n) is 10.6. The van der Waals surface area contributed by atoms with E-state index in [1.165, 1.54) is 5.56 Å². The second-order valence-electron chi connectivity index (χ2n) is 8.85. The van der Waals surface area contributed by atoms with Gasteiger partial charge in [-0.1, -0.05) is 32.0 Å². The summed E-state index contributed by atoms with van der Waals surface area (Å²) < 4.78 is 13.6. The molecule has 0 radical (unpaired) electrons. The minimum atomic E-state index is -0.443. The number of aryl methyl sites for hydroxylation is 1. The fourth-order valence-electron chi connectivity index (χ4n) is 4.42. The van der Waals surface area contributed by atoms with Crippen molar-refractivity contribution < 1.29 is 42.8 Å². The molecule has 1 N–H and O–H groups in total. The molecule has 2 aliphatic rings. The van der Waals surface area contributed by atoms with Crippen LogP contribution in [-0.2, 0) is 21.9 Å². The zero-order valence-electron chi connectivity index (χ0n) is 18.8. The molecule has 2 aliphatic heterocycles. The Kier molecular flexibility index (Phi) is 6.64. The highest BCUT2D eigenvalue weighted by Crippen LogP contribution is 2.41.